The average Bonchev–Trinajstić information content (AvgIpc) is 3.01. The highest BCUT2D eigenvalue weighted by atomic mass is 35.5. The summed E-state index contributed by atoms with van der Waals surface area (Å²) < 4.78 is 41.3. The predicted molar refractivity (Wildman–Crippen MR) is 114 cm³/mol. The molecule has 2 aromatic heterocycles. The Morgan fingerprint density at radius 2 is 1.93 bits per heavy atom. The summed E-state index contributed by atoms with van der Waals surface area (Å²) in [5.74, 6) is -1.27. The first-order chi connectivity index (χ1) is 14.1. The molecule has 0 aliphatic rings. The van der Waals surface area contributed by atoms with Crippen LogP contribution in [0.25, 0.3) is 21.7 Å². The maximum atomic E-state index is 14.4. The molecule has 10 heteroatoms. The van der Waals surface area contributed by atoms with Gasteiger partial charge in [0.25, 0.3) is 0 Å². The highest BCUT2D eigenvalue weighted by Gasteiger charge is 2.26. The zero-order chi connectivity index (χ0) is 21.8. The number of hydrogen-bond acceptors (Lipinski definition) is 5. The number of aromatic nitrogens is 2. The number of hydrogen-bond donors (Lipinski definition) is 2. The van der Waals surface area contributed by atoms with Crippen LogP contribution in [0.4, 0.5) is 10.1 Å². The summed E-state index contributed by atoms with van der Waals surface area (Å²) in [7, 11) is -2.30. The van der Waals surface area contributed by atoms with Gasteiger partial charge in [0.05, 0.1) is 28.9 Å². The summed E-state index contributed by atoms with van der Waals surface area (Å²) in [5.41, 5.74) is 0.602. The van der Waals surface area contributed by atoms with Crippen LogP contribution in [0.5, 0.6) is 11.6 Å². The van der Waals surface area contributed by atoms with E-state index in [2.05, 4.69) is 4.98 Å². The molecular weight excluding hydrogens is 433 g/mol. The van der Waals surface area contributed by atoms with Crippen LogP contribution in [0.15, 0.2) is 42.7 Å². The van der Waals surface area contributed by atoms with E-state index in [1.165, 1.54) is 36.1 Å². The fourth-order valence-electron chi connectivity index (χ4n) is 3.49. The van der Waals surface area contributed by atoms with Gasteiger partial charge in [0.15, 0.2) is 5.75 Å². The molecule has 4 rings (SSSR count). The smallest absolute Gasteiger partial charge is 0.232 e. The Balaban J connectivity index is 2.06. The topological polar surface area (TPSA) is 95.7 Å². The molecule has 0 bridgehead atoms. The van der Waals surface area contributed by atoms with Gasteiger partial charge in [-0.2, -0.15) is 0 Å². The first-order valence-electron chi connectivity index (χ1n) is 8.79. The molecule has 7 nitrogen and oxygen atoms in total. The lowest BCUT2D eigenvalue weighted by atomic mass is 10.1. The van der Waals surface area contributed by atoms with Crippen LogP contribution in [0.2, 0.25) is 5.02 Å². The van der Waals surface area contributed by atoms with Gasteiger partial charge in [0, 0.05) is 35.8 Å². The Morgan fingerprint density at radius 3 is 2.63 bits per heavy atom. The number of fused-ring (bicyclic) bond motifs is 2. The van der Waals surface area contributed by atoms with Gasteiger partial charge in [-0.15, -0.1) is 0 Å². The molecule has 0 fully saturated rings. The third-order valence-corrected chi connectivity index (χ3v) is 6.48. The van der Waals surface area contributed by atoms with Crippen LogP contribution in [0.1, 0.15) is 5.56 Å². The fraction of sp³-hybridized carbons (Fsp3) is 0.150. The zero-order valence-electron chi connectivity index (χ0n) is 16.0. The molecule has 0 saturated carbocycles. The van der Waals surface area contributed by atoms with Crippen molar-refractivity contribution >= 4 is 49.0 Å². The summed E-state index contributed by atoms with van der Waals surface area (Å²) >= 11 is 5.84. The average molecular weight is 450 g/mol. The van der Waals surface area contributed by atoms with E-state index in [0.29, 0.717) is 5.39 Å². The van der Waals surface area contributed by atoms with Crippen LogP contribution in [0, 0.1) is 5.82 Å². The molecule has 0 spiro atoms. The van der Waals surface area contributed by atoms with Gasteiger partial charge in [-0.3, -0.25) is 9.29 Å². The summed E-state index contributed by atoms with van der Waals surface area (Å²) in [6.07, 6.45) is 3.97. The fourth-order valence-corrected chi connectivity index (χ4v) is 4.21. The number of halogens is 2. The van der Waals surface area contributed by atoms with E-state index < -0.39 is 15.8 Å². The minimum atomic E-state index is -3.67. The molecule has 0 atom stereocenters. The van der Waals surface area contributed by atoms with E-state index in [4.69, 9.17) is 11.6 Å². The number of benzene rings is 2. The molecule has 4 aromatic rings. The third-order valence-electron chi connectivity index (χ3n) is 5.01. The number of phenols is 1. The monoisotopic (exact) mass is 449 g/mol. The number of aromatic hydroxyl groups is 2. The maximum Gasteiger partial charge on any atom is 0.232 e. The Bertz CT molecular complexity index is 1420. The van der Waals surface area contributed by atoms with Crippen molar-refractivity contribution in [2.45, 2.75) is 6.54 Å². The number of sulfonamides is 1. The molecule has 0 radical (unpaired) electrons. The zero-order valence-corrected chi connectivity index (χ0v) is 17.5. The second kappa shape index (κ2) is 7.03. The SMILES string of the molecule is CN(c1c2cccnc2c(O)c2c(O)n(Cc3cccc(Cl)c3F)cc12)S(C)(=O)=O. The van der Waals surface area contributed by atoms with Crippen molar-refractivity contribution in [2.75, 3.05) is 17.6 Å². The molecule has 0 unspecified atom stereocenters. The maximum absolute atomic E-state index is 14.4. The van der Waals surface area contributed by atoms with Gasteiger partial charge in [-0.25, -0.2) is 12.8 Å². The lowest BCUT2D eigenvalue weighted by Gasteiger charge is -2.20. The molecule has 30 heavy (non-hydrogen) atoms. The van der Waals surface area contributed by atoms with Crippen LogP contribution < -0.4 is 4.31 Å². The quantitative estimate of drug-likeness (QED) is 0.493. The summed E-state index contributed by atoms with van der Waals surface area (Å²) in [6, 6.07) is 7.76. The molecule has 156 valence electrons. The standard InChI is InChI=1S/C20H17ClFN3O4S/c1-24(30(2,28)29)18-12-6-4-8-23-17(12)19(26)15-13(18)10-25(20(15)27)9-11-5-3-7-14(21)16(11)22/h3-8,10,26-27H,9H2,1-2H3. The predicted octanol–water partition coefficient (Wildman–Crippen LogP) is 3.84. The Labute approximate surface area is 176 Å². The highest BCUT2D eigenvalue weighted by Crippen LogP contribution is 2.46. The summed E-state index contributed by atoms with van der Waals surface area (Å²) in [6.45, 7) is -0.0852. The normalized spacial score (nSPS) is 12.0. The van der Waals surface area contributed by atoms with E-state index in [9.17, 15) is 23.0 Å². The summed E-state index contributed by atoms with van der Waals surface area (Å²) in [4.78, 5) is 4.15. The van der Waals surface area contributed by atoms with Gasteiger partial charge in [0.2, 0.25) is 15.9 Å². The molecule has 2 aromatic carbocycles. The van der Waals surface area contributed by atoms with Crippen LogP contribution >= 0.6 is 11.6 Å². The van der Waals surface area contributed by atoms with Gasteiger partial charge >= 0.3 is 0 Å². The van der Waals surface area contributed by atoms with E-state index >= 15 is 0 Å². The van der Waals surface area contributed by atoms with E-state index in [-0.39, 0.29) is 50.7 Å². The van der Waals surface area contributed by atoms with Crippen LogP contribution in [0.3, 0.4) is 0 Å². The number of nitrogens with zero attached hydrogens (tertiary/aromatic N) is 3. The number of anilines is 1. The molecule has 0 saturated heterocycles. The molecule has 2 N–H and O–H groups in total. The lowest BCUT2D eigenvalue weighted by molar-refractivity contribution is 0.424. The van der Waals surface area contributed by atoms with E-state index in [1.54, 1.807) is 18.2 Å². The first kappa shape index (κ1) is 20.2. The second-order valence-electron chi connectivity index (χ2n) is 6.91. The van der Waals surface area contributed by atoms with E-state index in [1.807, 2.05) is 0 Å². The van der Waals surface area contributed by atoms with Crippen molar-refractivity contribution in [3.63, 3.8) is 0 Å². The molecule has 0 aliphatic heterocycles. The van der Waals surface area contributed by atoms with Crippen molar-refractivity contribution in [2.24, 2.45) is 0 Å². The molecule has 0 amide bonds. The Hall–Kier alpha value is -3.04. The van der Waals surface area contributed by atoms with Gasteiger partial charge in [0.1, 0.15) is 11.3 Å². The largest absolute Gasteiger partial charge is 0.505 e. The Kier molecular flexibility index (Phi) is 4.74. The van der Waals surface area contributed by atoms with Gasteiger partial charge in [-0.05, 0) is 18.2 Å². The minimum absolute atomic E-state index is 0.0223. The third kappa shape index (κ3) is 3.10. The Morgan fingerprint density at radius 1 is 1.20 bits per heavy atom. The first-order valence-corrected chi connectivity index (χ1v) is 11.0. The summed E-state index contributed by atoms with van der Waals surface area (Å²) in [5, 5.41) is 22.2. The molecule has 0 aliphatic carbocycles. The lowest BCUT2D eigenvalue weighted by Crippen LogP contribution is -2.25. The highest BCUT2D eigenvalue weighted by molar-refractivity contribution is 7.92. The van der Waals surface area contributed by atoms with Crippen molar-refractivity contribution < 1.29 is 23.0 Å². The molecular formula is C20H17ClFN3O4S. The van der Waals surface area contributed by atoms with Crippen molar-refractivity contribution in [1.29, 1.82) is 0 Å². The van der Waals surface area contributed by atoms with Crippen LogP contribution in [-0.2, 0) is 16.6 Å². The van der Waals surface area contributed by atoms with Gasteiger partial charge in [-0.1, -0.05) is 23.7 Å². The molecule has 2 heterocycles. The van der Waals surface area contributed by atoms with Crippen molar-refractivity contribution in [3.05, 3.63) is 59.1 Å². The van der Waals surface area contributed by atoms with Crippen LogP contribution in [-0.4, -0.2) is 41.5 Å². The number of rotatable bonds is 4. The second-order valence-corrected chi connectivity index (χ2v) is 9.33. The van der Waals surface area contributed by atoms with Crippen molar-refractivity contribution in [3.8, 4) is 11.6 Å². The van der Waals surface area contributed by atoms with Gasteiger partial charge < -0.3 is 14.8 Å². The van der Waals surface area contributed by atoms with E-state index in [0.717, 1.165) is 10.6 Å². The number of pyridine rings is 1. The number of phenolic OH excluding ortho intramolecular Hbond substituents is 1. The minimum Gasteiger partial charge on any atom is -0.505 e. The van der Waals surface area contributed by atoms with Crippen molar-refractivity contribution in [1.82, 2.24) is 9.55 Å².